The van der Waals surface area contributed by atoms with Gasteiger partial charge in [-0.05, 0) is 42.9 Å². The molecule has 4 amide bonds. The SMILES string of the molecule is CC(C)CN1C(=O)c2ccc(NC(=O)N3CCC(C)CC3)cc2C1=O. The number of anilines is 1. The van der Waals surface area contributed by atoms with Crippen molar-refractivity contribution in [3.63, 3.8) is 0 Å². The molecule has 25 heavy (non-hydrogen) atoms. The lowest BCUT2D eigenvalue weighted by Crippen LogP contribution is -2.40. The van der Waals surface area contributed by atoms with Crippen LogP contribution in [-0.2, 0) is 0 Å². The van der Waals surface area contributed by atoms with Gasteiger partial charge < -0.3 is 10.2 Å². The van der Waals surface area contributed by atoms with Crippen LogP contribution in [0.15, 0.2) is 18.2 Å². The lowest BCUT2D eigenvalue weighted by Gasteiger charge is -2.30. The number of rotatable bonds is 3. The zero-order valence-electron chi connectivity index (χ0n) is 15.0. The van der Waals surface area contributed by atoms with Crippen molar-refractivity contribution in [2.75, 3.05) is 25.0 Å². The molecule has 1 N–H and O–H groups in total. The van der Waals surface area contributed by atoms with Crippen LogP contribution in [0.2, 0.25) is 0 Å². The third kappa shape index (κ3) is 3.52. The molecule has 6 heteroatoms. The van der Waals surface area contributed by atoms with Crippen molar-refractivity contribution in [3.05, 3.63) is 29.3 Å². The van der Waals surface area contributed by atoms with Gasteiger partial charge in [-0.25, -0.2) is 4.79 Å². The van der Waals surface area contributed by atoms with Crippen LogP contribution >= 0.6 is 0 Å². The Morgan fingerprint density at radius 3 is 2.44 bits per heavy atom. The third-order valence-corrected chi connectivity index (χ3v) is 4.84. The van der Waals surface area contributed by atoms with E-state index in [2.05, 4.69) is 12.2 Å². The number of likely N-dealkylation sites (tertiary alicyclic amines) is 1. The highest BCUT2D eigenvalue weighted by Crippen LogP contribution is 2.27. The lowest BCUT2D eigenvalue weighted by molar-refractivity contribution is 0.0636. The van der Waals surface area contributed by atoms with E-state index in [0.717, 1.165) is 25.9 Å². The quantitative estimate of drug-likeness (QED) is 0.857. The molecule has 0 aromatic heterocycles. The number of hydrogen-bond donors (Lipinski definition) is 1. The summed E-state index contributed by atoms with van der Waals surface area (Å²) in [6, 6.07) is 4.78. The van der Waals surface area contributed by atoms with Crippen molar-refractivity contribution < 1.29 is 14.4 Å². The normalized spacial score (nSPS) is 18.1. The van der Waals surface area contributed by atoms with Gasteiger partial charge in [-0.1, -0.05) is 20.8 Å². The van der Waals surface area contributed by atoms with Crippen LogP contribution in [0.25, 0.3) is 0 Å². The standard InChI is InChI=1S/C19H25N3O3/c1-12(2)11-22-17(23)15-5-4-14(10-16(15)18(22)24)20-19(25)21-8-6-13(3)7-9-21/h4-5,10,12-13H,6-9,11H2,1-3H3,(H,20,25). The first-order valence-corrected chi connectivity index (χ1v) is 8.93. The second-order valence-corrected chi connectivity index (χ2v) is 7.47. The number of hydrogen-bond acceptors (Lipinski definition) is 3. The smallest absolute Gasteiger partial charge is 0.321 e. The largest absolute Gasteiger partial charge is 0.325 e. The maximum Gasteiger partial charge on any atom is 0.321 e. The highest BCUT2D eigenvalue weighted by atomic mass is 16.2. The Hall–Kier alpha value is -2.37. The third-order valence-electron chi connectivity index (χ3n) is 4.84. The summed E-state index contributed by atoms with van der Waals surface area (Å²) in [7, 11) is 0. The summed E-state index contributed by atoms with van der Waals surface area (Å²) >= 11 is 0. The highest BCUT2D eigenvalue weighted by molar-refractivity contribution is 6.21. The Labute approximate surface area is 148 Å². The van der Waals surface area contributed by atoms with Crippen molar-refractivity contribution in [1.29, 1.82) is 0 Å². The molecule has 0 unspecified atom stereocenters. The van der Waals surface area contributed by atoms with Crippen molar-refractivity contribution in [2.24, 2.45) is 11.8 Å². The van der Waals surface area contributed by atoms with Crippen LogP contribution in [0, 0.1) is 11.8 Å². The summed E-state index contributed by atoms with van der Waals surface area (Å²) in [5.41, 5.74) is 1.33. The van der Waals surface area contributed by atoms with Gasteiger partial charge in [-0.15, -0.1) is 0 Å². The van der Waals surface area contributed by atoms with E-state index in [9.17, 15) is 14.4 Å². The number of piperidine rings is 1. The maximum atomic E-state index is 12.5. The molecule has 1 fully saturated rings. The van der Waals surface area contributed by atoms with Crippen molar-refractivity contribution in [3.8, 4) is 0 Å². The van der Waals surface area contributed by atoms with E-state index < -0.39 is 0 Å². The van der Waals surface area contributed by atoms with E-state index in [-0.39, 0.29) is 23.8 Å². The van der Waals surface area contributed by atoms with E-state index in [1.54, 1.807) is 23.1 Å². The number of nitrogens with zero attached hydrogens (tertiary/aromatic N) is 2. The summed E-state index contributed by atoms with van der Waals surface area (Å²) in [6.07, 6.45) is 2.02. The molecule has 3 rings (SSSR count). The molecular weight excluding hydrogens is 318 g/mol. The van der Waals surface area contributed by atoms with Gasteiger partial charge in [-0.3, -0.25) is 14.5 Å². The second kappa shape index (κ2) is 6.86. The van der Waals surface area contributed by atoms with Crippen molar-refractivity contribution in [2.45, 2.75) is 33.6 Å². The van der Waals surface area contributed by atoms with E-state index in [0.29, 0.717) is 29.3 Å². The number of urea groups is 1. The topological polar surface area (TPSA) is 69.7 Å². The first kappa shape index (κ1) is 17.5. The summed E-state index contributed by atoms with van der Waals surface area (Å²) in [5, 5.41) is 2.85. The average molecular weight is 343 g/mol. The fourth-order valence-corrected chi connectivity index (χ4v) is 3.31. The van der Waals surface area contributed by atoms with Crippen molar-refractivity contribution >= 4 is 23.5 Å². The Morgan fingerprint density at radius 1 is 1.16 bits per heavy atom. The molecule has 2 aliphatic heterocycles. The summed E-state index contributed by atoms with van der Waals surface area (Å²) < 4.78 is 0. The van der Waals surface area contributed by atoms with Gasteiger partial charge in [0.15, 0.2) is 0 Å². The van der Waals surface area contributed by atoms with Gasteiger partial charge in [0.2, 0.25) is 0 Å². The predicted molar refractivity (Wildman–Crippen MR) is 95.6 cm³/mol. The zero-order chi connectivity index (χ0) is 18.1. The van der Waals surface area contributed by atoms with E-state index in [4.69, 9.17) is 0 Å². The number of nitrogens with one attached hydrogen (secondary N) is 1. The molecule has 0 atom stereocenters. The number of benzene rings is 1. The van der Waals surface area contributed by atoms with Crippen LogP contribution in [0.1, 0.15) is 54.3 Å². The van der Waals surface area contributed by atoms with Gasteiger partial charge >= 0.3 is 6.03 Å². The molecule has 0 saturated carbocycles. The minimum atomic E-state index is -0.281. The average Bonchev–Trinajstić information content (AvgIpc) is 2.80. The monoisotopic (exact) mass is 343 g/mol. The van der Waals surface area contributed by atoms with Gasteiger partial charge in [0, 0.05) is 25.3 Å². The van der Waals surface area contributed by atoms with E-state index in [1.807, 2.05) is 13.8 Å². The first-order valence-electron chi connectivity index (χ1n) is 8.93. The van der Waals surface area contributed by atoms with Gasteiger partial charge in [0.25, 0.3) is 11.8 Å². The molecular formula is C19H25N3O3. The van der Waals surface area contributed by atoms with Crippen LogP contribution in [0.5, 0.6) is 0 Å². The summed E-state index contributed by atoms with van der Waals surface area (Å²) in [4.78, 5) is 40.3. The lowest BCUT2D eigenvalue weighted by atomic mass is 10.00. The Balaban J connectivity index is 1.72. The molecule has 2 aliphatic rings. The maximum absolute atomic E-state index is 12.5. The van der Waals surface area contributed by atoms with E-state index >= 15 is 0 Å². The molecule has 1 saturated heterocycles. The fraction of sp³-hybridized carbons (Fsp3) is 0.526. The Bertz CT molecular complexity index is 706. The molecule has 6 nitrogen and oxygen atoms in total. The van der Waals surface area contributed by atoms with Gasteiger partial charge in [0.1, 0.15) is 0 Å². The minimum absolute atomic E-state index is 0.150. The molecule has 2 heterocycles. The van der Waals surface area contributed by atoms with E-state index in [1.165, 1.54) is 4.90 Å². The predicted octanol–water partition coefficient (Wildman–Crippen LogP) is 3.20. The molecule has 0 aliphatic carbocycles. The first-order chi connectivity index (χ1) is 11.9. The Morgan fingerprint density at radius 2 is 1.80 bits per heavy atom. The number of fused-ring (bicyclic) bond motifs is 1. The second-order valence-electron chi connectivity index (χ2n) is 7.47. The molecule has 0 radical (unpaired) electrons. The van der Waals surface area contributed by atoms with Crippen molar-refractivity contribution in [1.82, 2.24) is 9.80 Å². The van der Waals surface area contributed by atoms with Gasteiger partial charge in [-0.2, -0.15) is 0 Å². The number of carbonyl (C=O) groups excluding carboxylic acids is 3. The van der Waals surface area contributed by atoms with Crippen LogP contribution in [0.4, 0.5) is 10.5 Å². The Kier molecular flexibility index (Phi) is 4.79. The van der Waals surface area contributed by atoms with Crippen LogP contribution in [-0.4, -0.2) is 47.3 Å². The van der Waals surface area contributed by atoms with Crippen LogP contribution in [0.3, 0.4) is 0 Å². The molecule has 1 aromatic carbocycles. The van der Waals surface area contributed by atoms with Gasteiger partial charge in [0.05, 0.1) is 11.1 Å². The number of carbonyl (C=O) groups is 3. The molecule has 134 valence electrons. The zero-order valence-corrected chi connectivity index (χ0v) is 15.0. The number of imide groups is 1. The van der Waals surface area contributed by atoms with Crippen LogP contribution < -0.4 is 5.32 Å². The molecule has 0 spiro atoms. The molecule has 1 aromatic rings. The fourth-order valence-electron chi connectivity index (χ4n) is 3.31. The summed E-state index contributed by atoms with van der Waals surface area (Å²) in [6.45, 7) is 8.03. The minimum Gasteiger partial charge on any atom is -0.325 e. The number of amides is 4. The summed E-state index contributed by atoms with van der Waals surface area (Å²) in [5.74, 6) is 0.329. The molecule has 0 bridgehead atoms. The highest BCUT2D eigenvalue weighted by Gasteiger charge is 2.36.